The number of methoxy groups -OCH3 is 1. The molecule has 5 heteroatoms. The zero-order valence-electron chi connectivity index (χ0n) is 11.8. The number of rotatable bonds is 5. The molecule has 2 nitrogen and oxygen atoms in total. The number of nitrogens with one attached hydrogen (secondary N) is 1. The molecule has 2 rings (SSSR count). The number of hydrogen-bond donors (Lipinski definition) is 1. The third-order valence-corrected chi connectivity index (χ3v) is 3.81. The maximum Gasteiger partial charge on any atom is 0.146 e. The Labute approximate surface area is 133 Å². The second-order valence-electron chi connectivity index (χ2n) is 4.53. The Bertz CT molecular complexity index is 634. The Kier molecular flexibility index (Phi) is 5.45. The van der Waals surface area contributed by atoms with Crippen molar-refractivity contribution in [1.82, 2.24) is 5.32 Å². The van der Waals surface area contributed by atoms with Gasteiger partial charge in [-0.15, -0.1) is 0 Å². The van der Waals surface area contributed by atoms with Crippen molar-refractivity contribution in [2.75, 3.05) is 13.7 Å². The first-order valence-electron chi connectivity index (χ1n) is 6.59. The van der Waals surface area contributed by atoms with Gasteiger partial charge in [-0.1, -0.05) is 48.3 Å². The van der Waals surface area contributed by atoms with Crippen LogP contribution in [0.15, 0.2) is 36.4 Å². The van der Waals surface area contributed by atoms with Crippen molar-refractivity contribution >= 4 is 23.2 Å². The van der Waals surface area contributed by atoms with Crippen LogP contribution in [0.2, 0.25) is 10.0 Å². The van der Waals surface area contributed by atoms with E-state index in [4.69, 9.17) is 27.9 Å². The molecule has 112 valence electrons. The summed E-state index contributed by atoms with van der Waals surface area (Å²) >= 11 is 11.9. The van der Waals surface area contributed by atoms with Gasteiger partial charge in [0, 0.05) is 5.56 Å². The summed E-state index contributed by atoms with van der Waals surface area (Å²) in [6.07, 6.45) is 0. The van der Waals surface area contributed by atoms with Gasteiger partial charge in [-0.25, -0.2) is 4.39 Å². The highest BCUT2D eigenvalue weighted by Crippen LogP contribution is 2.32. The van der Waals surface area contributed by atoms with Gasteiger partial charge in [0.05, 0.1) is 23.2 Å². The van der Waals surface area contributed by atoms with E-state index in [1.807, 2.05) is 13.0 Å². The smallest absolute Gasteiger partial charge is 0.146 e. The van der Waals surface area contributed by atoms with Crippen LogP contribution in [-0.2, 0) is 0 Å². The fourth-order valence-electron chi connectivity index (χ4n) is 2.21. The van der Waals surface area contributed by atoms with Gasteiger partial charge < -0.3 is 10.1 Å². The van der Waals surface area contributed by atoms with Crippen LogP contribution < -0.4 is 10.1 Å². The van der Waals surface area contributed by atoms with E-state index in [2.05, 4.69) is 5.32 Å². The molecule has 0 amide bonds. The van der Waals surface area contributed by atoms with Gasteiger partial charge in [-0.3, -0.25) is 0 Å². The molecule has 0 bridgehead atoms. The van der Waals surface area contributed by atoms with Gasteiger partial charge >= 0.3 is 0 Å². The summed E-state index contributed by atoms with van der Waals surface area (Å²) < 4.78 is 19.5. The molecule has 0 fully saturated rings. The van der Waals surface area contributed by atoms with E-state index in [0.29, 0.717) is 22.9 Å². The summed E-state index contributed by atoms with van der Waals surface area (Å²) in [7, 11) is 1.55. The van der Waals surface area contributed by atoms with Crippen LogP contribution in [0.1, 0.15) is 24.1 Å². The minimum absolute atomic E-state index is 0.108. The first-order valence-corrected chi connectivity index (χ1v) is 7.34. The van der Waals surface area contributed by atoms with E-state index in [1.54, 1.807) is 31.4 Å². The van der Waals surface area contributed by atoms with Crippen LogP contribution in [0, 0.1) is 5.82 Å². The maximum absolute atomic E-state index is 14.3. The monoisotopic (exact) mass is 327 g/mol. The molecule has 2 aromatic carbocycles. The molecule has 0 aliphatic heterocycles. The van der Waals surface area contributed by atoms with Gasteiger partial charge in [-0.05, 0) is 30.3 Å². The first kappa shape index (κ1) is 16.1. The Balaban J connectivity index is 2.50. The second-order valence-corrected chi connectivity index (χ2v) is 5.34. The highest BCUT2D eigenvalue weighted by atomic mass is 35.5. The summed E-state index contributed by atoms with van der Waals surface area (Å²) in [6, 6.07) is 10.1. The highest BCUT2D eigenvalue weighted by molar-refractivity contribution is 6.32. The van der Waals surface area contributed by atoms with Crippen LogP contribution in [-0.4, -0.2) is 13.7 Å². The van der Waals surface area contributed by atoms with Crippen LogP contribution >= 0.6 is 23.2 Å². The minimum atomic E-state index is -0.418. The van der Waals surface area contributed by atoms with Crippen molar-refractivity contribution in [3.05, 3.63) is 63.4 Å². The third kappa shape index (κ3) is 3.49. The summed E-state index contributed by atoms with van der Waals surface area (Å²) in [5.41, 5.74) is 1.35. The average molecular weight is 328 g/mol. The van der Waals surface area contributed by atoms with Crippen LogP contribution in [0.4, 0.5) is 4.39 Å². The van der Waals surface area contributed by atoms with Crippen molar-refractivity contribution < 1.29 is 9.13 Å². The fraction of sp³-hybridized carbons (Fsp3) is 0.250. The van der Waals surface area contributed by atoms with Crippen molar-refractivity contribution in [2.45, 2.75) is 13.0 Å². The molecule has 1 N–H and O–H groups in total. The average Bonchev–Trinajstić information content (AvgIpc) is 2.49. The largest absolute Gasteiger partial charge is 0.495 e. The van der Waals surface area contributed by atoms with Gasteiger partial charge in [-0.2, -0.15) is 0 Å². The number of hydrogen-bond acceptors (Lipinski definition) is 2. The van der Waals surface area contributed by atoms with Crippen molar-refractivity contribution in [2.24, 2.45) is 0 Å². The first-order chi connectivity index (χ1) is 10.1. The minimum Gasteiger partial charge on any atom is -0.495 e. The van der Waals surface area contributed by atoms with Crippen LogP contribution in [0.5, 0.6) is 5.75 Å². The number of ether oxygens (including phenoxy) is 1. The SMILES string of the molecule is CCNC(c1ccc(Cl)c(OC)c1)c1cccc(Cl)c1F. The quantitative estimate of drug-likeness (QED) is 0.848. The van der Waals surface area contributed by atoms with Crippen LogP contribution in [0.25, 0.3) is 0 Å². The lowest BCUT2D eigenvalue weighted by molar-refractivity contribution is 0.413. The van der Waals surface area contributed by atoms with E-state index >= 15 is 0 Å². The number of benzene rings is 2. The van der Waals surface area contributed by atoms with E-state index in [-0.39, 0.29) is 11.1 Å². The van der Waals surface area contributed by atoms with Gasteiger partial charge in [0.25, 0.3) is 0 Å². The van der Waals surface area contributed by atoms with Gasteiger partial charge in [0.1, 0.15) is 11.6 Å². The lowest BCUT2D eigenvalue weighted by atomic mass is 9.98. The molecule has 0 heterocycles. The predicted molar refractivity (Wildman–Crippen MR) is 84.9 cm³/mol. The molecule has 2 aromatic rings. The Morgan fingerprint density at radius 2 is 1.95 bits per heavy atom. The van der Waals surface area contributed by atoms with E-state index in [0.717, 1.165) is 5.56 Å². The van der Waals surface area contributed by atoms with E-state index in [1.165, 1.54) is 6.07 Å². The molecule has 0 radical (unpaired) electrons. The van der Waals surface area contributed by atoms with Crippen LogP contribution in [0.3, 0.4) is 0 Å². The lowest BCUT2D eigenvalue weighted by Crippen LogP contribution is -2.23. The summed E-state index contributed by atoms with van der Waals surface area (Å²) in [6.45, 7) is 2.64. The molecule has 0 aromatic heterocycles. The van der Waals surface area contributed by atoms with E-state index < -0.39 is 5.82 Å². The lowest BCUT2D eigenvalue weighted by Gasteiger charge is -2.21. The molecular weight excluding hydrogens is 312 g/mol. The Morgan fingerprint density at radius 1 is 1.19 bits per heavy atom. The normalized spacial score (nSPS) is 12.2. The molecule has 0 aliphatic carbocycles. The second kappa shape index (κ2) is 7.12. The molecule has 0 aliphatic rings. The standard InChI is InChI=1S/C16H16Cl2FNO/c1-3-20-16(11-5-4-6-13(18)15(11)19)10-7-8-12(17)14(9-10)21-2/h4-9,16,20H,3H2,1-2H3. The van der Waals surface area contributed by atoms with Gasteiger partial charge in [0.2, 0.25) is 0 Å². The predicted octanol–water partition coefficient (Wildman–Crippen LogP) is 4.84. The molecule has 0 saturated heterocycles. The van der Waals surface area contributed by atoms with Crippen molar-refractivity contribution in [3.8, 4) is 5.75 Å². The topological polar surface area (TPSA) is 21.3 Å². The third-order valence-electron chi connectivity index (χ3n) is 3.21. The summed E-state index contributed by atoms with van der Waals surface area (Å²) in [5.74, 6) is 0.138. The zero-order chi connectivity index (χ0) is 15.4. The van der Waals surface area contributed by atoms with E-state index in [9.17, 15) is 4.39 Å². The molecular formula is C16H16Cl2FNO. The van der Waals surface area contributed by atoms with Crippen molar-refractivity contribution in [1.29, 1.82) is 0 Å². The summed E-state index contributed by atoms with van der Waals surface area (Å²) in [4.78, 5) is 0. The fourth-order valence-corrected chi connectivity index (χ4v) is 2.59. The molecule has 0 saturated carbocycles. The zero-order valence-corrected chi connectivity index (χ0v) is 13.3. The molecule has 21 heavy (non-hydrogen) atoms. The van der Waals surface area contributed by atoms with Gasteiger partial charge in [0.15, 0.2) is 0 Å². The molecule has 1 unspecified atom stereocenters. The Hall–Kier alpha value is -1.29. The van der Waals surface area contributed by atoms with Crippen molar-refractivity contribution in [3.63, 3.8) is 0 Å². The maximum atomic E-state index is 14.3. The molecule has 1 atom stereocenters. The molecule has 0 spiro atoms. The Morgan fingerprint density at radius 3 is 2.62 bits per heavy atom. The summed E-state index contributed by atoms with van der Waals surface area (Å²) in [5, 5.41) is 3.88. The highest BCUT2D eigenvalue weighted by Gasteiger charge is 2.19. The number of halogens is 3.